The van der Waals surface area contributed by atoms with Gasteiger partial charge < -0.3 is 15.2 Å². The van der Waals surface area contributed by atoms with Crippen molar-refractivity contribution < 1.29 is 18.7 Å². The molecule has 3 rings (SSSR count). The molecule has 0 aromatic heterocycles. The highest BCUT2D eigenvalue weighted by Crippen LogP contribution is 2.34. The number of ether oxygens (including phenoxy) is 2. The molecule has 1 aliphatic rings. The normalized spacial score (nSPS) is 17.2. The Bertz CT molecular complexity index is 974. The second-order valence-electron chi connectivity index (χ2n) is 6.00. The molecule has 0 saturated heterocycles. The van der Waals surface area contributed by atoms with Gasteiger partial charge in [-0.25, -0.2) is 4.39 Å². The van der Waals surface area contributed by atoms with Crippen LogP contribution in [0.1, 0.15) is 24.0 Å². The Morgan fingerprint density at radius 3 is 2.63 bits per heavy atom. The summed E-state index contributed by atoms with van der Waals surface area (Å²) in [6.07, 6.45) is 0. The highest BCUT2D eigenvalue weighted by molar-refractivity contribution is 6.02. The Kier molecular flexibility index (Phi) is 5.23. The molecule has 27 heavy (non-hydrogen) atoms. The van der Waals surface area contributed by atoms with E-state index in [2.05, 4.69) is 0 Å². The van der Waals surface area contributed by atoms with E-state index in [-0.39, 0.29) is 29.6 Å². The molecular formula is C21H17FN2O3. The van der Waals surface area contributed by atoms with Crippen LogP contribution in [0.2, 0.25) is 0 Å². The maximum atomic E-state index is 13.7. The van der Waals surface area contributed by atoms with Crippen LogP contribution in [0.15, 0.2) is 77.6 Å². The standard InChI is InChI=1S/C21H17FN2O3/c1-13-20(26-12-14-6-3-2-4-7-14)19(25)18(17(11-23)21(24)27-13)15-8-5-9-16(22)10-15/h2-10,18H,12,24H2,1H3. The van der Waals surface area contributed by atoms with Crippen molar-refractivity contribution in [3.8, 4) is 6.07 Å². The molecule has 0 radical (unpaired) electrons. The van der Waals surface area contributed by atoms with Gasteiger partial charge in [0.1, 0.15) is 29.8 Å². The summed E-state index contributed by atoms with van der Waals surface area (Å²) in [6.45, 7) is 1.67. The largest absolute Gasteiger partial charge is 0.482 e. The van der Waals surface area contributed by atoms with Gasteiger partial charge in [-0.1, -0.05) is 42.5 Å². The molecule has 0 saturated carbocycles. The lowest BCUT2D eigenvalue weighted by Gasteiger charge is -2.16. The van der Waals surface area contributed by atoms with Crippen molar-refractivity contribution >= 4 is 5.78 Å². The Morgan fingerprint density at radius 1 is 1.22 bits per heavy atom. The fraction of sp³-hybridized carbons (Fsp3) is 0.143. The van der Waals surface area contributed by atoms with E-state index in [0.29, 0.717) is 5.56 Å². The summed E-state index contributed by atoms with van der Waals surface area (Å²) in [5.74, 6) is -2.22. The van der Waals surface area contributed by atoms with Gasteiger partial charge in [-0.05, 0) is 30.2 Å². The van der Waals surface area contributed by atoms with Gasteiger partial charge in [-0.2, -0.15) is 5.26 Å². The van der Waals surface area contributed by atoms with Crippen LogP contribution in [0.4, 0.5) is 4.39 Å². The fourth-order valence-corrected chi connectivity index (χ4v) is 2.87. The van der Waals surface area contributed by atoms with Crippen molar-refractivity contribution in [1.82, 2.24) is 0 Å². The molecule has 5 nitrogen and oxygen atoms in total. The van der Waals surface area contributed by atoms with Crippen LogP contribution in [0.3, 0.4) is 0 Å². The highest BCUT2D eigenvalue weighted by Gasteiger charge is 2.36. The zero-order chi connectivity index (χ0) is 19.4. The molecule has 1 unspecified atom stereocenters. The van der Waals surface area contributed by atoms with Crippen LogP contribution >= 0.6 is 0 Å². The van der Waals surface area contributed by atoms with Gasteiger partial charge in [-0.3, -0.25) is 4.79 Å². The molecule has 2 aromatic carbocycles. The summed E-state index contributed by atoms with van der Waals surface area (Å²) in [6, 6.07) is 16.7. The van der Waals surface area contributed by atoms with E-state index in [1.54, 1.807) is 6.07 Å². The number of halogens is 1. The first-order chi connectivity index (χ1) is 13.0. The topological polar surface area (TPSA) is 85.3 Å². The maximum Gasteiger partial charge on any atom is 0.213 e. The molecule has 2 N–H and O–H groups in total. The number of ketones is 1. The van der Waals surface area contributed by atoms with E-state index in [0.717, 1.165) is 5.56 Å². The van der Waals surface area contributed by atoms with Crippen LogP contribution in [-0.4, -0.2) is 5.78 Å². The van der Waals surface area contributed by atoms with E-state index in [4.69, 9.17) is 15.2 Å². The van der Waals surface area contributed by atoms with E-state index in [9.17, 15) is 14.4 Å². The second-order valence-corrected chi connectivity index (χ2v) is 6.00. The van der Waals surface area contributed by atoms with Gasteiger partial charge in [0, 0.05) is 0 Å². The van der Waals surface area contributed by atoms with Crippen molar-refractivity contribution in [2.75, 3.05) is 0 Å². The summed E-state index contributed by atoms with van der Waals surface area (Å²) in [7, 11) is 0. The summed E-state index contributed by atoms with van der Waals surface area (Å²) in [5.41, 5.74) is 6.96. The number of nitrogens with zero attached hydrogens (tertiary/aromatic N) is 1. The number of hydrogen-bond donors (Lipinski definition) is 1. The van der Waals surface area contributed by atoms with Crippen LogP contribution in [0, 0.1) is 17.1 Å². The van der Waals surface area contributed by atoms with Gasteiger partial charge in [-0.15, -0.1) is 0 Å². The van der Waals surface area contributed by atoms with Crippen molar-refractivity contribution in [2.45, 2.75) is 19.4 Å². The first-order valence-electron chi connectivity index (χ1n) is 8.26. The van der Waals surface area contributed by atoms with Crippen molar-refractivity contribution in [1.29, 1.82) is 5.26 Å². The third-order valence-corrected chi connectivity index (χ3v) is 4.15. The Hall–Kier alpha value is -3.59. The number of benzene rings is 2. The van der Waals surface area contributed by atoms with E-state index in [1.807, 2.05) is 36.4 Å². The van der Waals surface area contributed by atoms with Crippen LogP contribution in [0.25, 0.3) is 0 Å². The summed E-state index contributed by atoms with van der Waals surface area (Å²) in [5, 5.41) is 9.51. The number of Topliss-reactive ketones (excluding diaryl/α,β-unsaturated/α-hetero) is 1. The van der Waals surface area contributed by atoms with Crippen molar-refractivity contribution in [2.24, 2.45) is 5.73 Å². The summed E-state index contributed by atoms with van der Waals surface area (Å²) >= 11 is 0. The number of carbonyl (C=O) groups is 1. The van der Waals surface area contributed by atoms with Crippen molar-refractivity contribution in [3.05, 3.63) is 94.5 Å². The number of allylic oxidation sites excluding steroid dienone is 3. The number of carbonyl (C=O) groups excluding carboxylic acids is 1. The van der Waals surface area contributed by atoms with Gasteiger partial charge in [0.25, 0.3) is 0 Å². The molecule has 1 atom stereocenters. The minimum absolute atomic E-state index is 0.0404. The molecule has 0 aliphatic carbocycles. The van der Waals surface area contributed by atoms with E-state index >= 15 is 0 Å². The molecular weight excluding hydrogens is 347 g/mol. The monoisotopic (exact) mass is 364 g/mol. The van der Waals surface area contributed by atoms with E-state index < -0.39 is 17.5 Å². The molecule has 2 aromatic rings. The lowest BCUT2D eigenvalue weighted by atomic mass is 9.87. The molecule has 0 bridgehead atoms. The second kappa shape index (κ2) is 7.75. The lowest BCUT2D eigenvalue weighted by molar-refractivity contribution is -0.119. The SMILES string of the molecule is CC1=C(OCc2ccccc2)C(=O)C(c2cccc(F)c2)C(C#N)=C(N)O1. The highest BCUT2D eigenvalue weighted by atomic mass is 19.1. The molecule has 1 heterocycles. The fourth-order valence-electron chi connectivity index (χ4n) is 2.87. The molecule has 1 aliphatic heterocycles. The molecule has 6 heteroatoms. The van der Waals surface area contributed by atoms with Crippen LogP contribution in [0.5, 0.6) is 0 Å². The zero-order valence-corrected chi connectivity index (χ0v) is 14.6. The molecule has 0 spiro atoms. The predicted molar refractivity (Wildman–Crippen MR) is 96.0 cm³/mol. The lowest BCUT2D eigenvalue weighted by Crippen LogP contribution is -2.19. The number of nitrogens with two attached hydrogens (primary N) is 1. The minimum atomic E-state index is -1.10. The summed E-state index contributed by atoms with van der Waals surface area (Å²) < 4.78 is 24.9. The predicted octanol–water partition coefficient (Wildman–Crippen LogP) is 3.65. The van der Waals surface area contributed by atoms with Crippen LogP contribution in [-0.2, 0) is 20.9 Å². The van der Waals surface area contributed by atoms with Gasteiger partial charge in [0.15, 0.2) is 0 Å². The summed E-state index contributed by atoms with van der Waals surface area (Å²) in [4.78, 5) is 13.2. The van der Waals surface area contributed by atoms with Crippen LogP contribution < -0.4 is 5.73 Å². The number of nitriles is 1. The number of rotatable bonds is 4. The maximum absolute atomic E-state index is 13.7. The van der Waals surface area contributed by atoms with Gasteiger partial charge >= 0.3 is 0 Å². The molecule has 0 amide bonds. The first-order valence-corrected chi connectivity index (χ1v) is 8.26. The Morgan fingerprint density at radius 2 is 1.96 bits per heavy atom. The van der Waals surface area contributed by atoms with Gasteiger partial charge in [0.05, 0.1) is 5.92 Å². The van der Waals surface area contributed by atoms with Gasteiger partial charge in [0.2, 0.25) is 17.4 Å². The quantitative estimate of drug-likeness (QED) is 0.895. The minimum Gasteiger partial charge on any atom is -0.482 e. The first kappa shape index (κ1) is 18.2. The average Bonchev–Trinajstić information content (AvgIpc) is 2.74. The third-order valence-electron chi connectivity index (χ3n) is 4.15. The van der Waals surface area contributed by atoms with E-state index in [1.165, 1.54) is 25.1 Å². The molecule has 0 fully saturated rings. The number of hydrogen-bond acceptors (Lipinski definition) is 5. The smallest absolute Gasteiger partial charge is 0.213 e. The Labute approximate surface area is 156 Å². The van der Waals surface area contributed by atoms with Crippen molar-refractivity contribution in [3.63, 3.8) is 0 Å². The molecule has 136 valence electrons. The zero-order valence-electron chi connectivity index (χ0n) is 14.6. The Balaban J connectivity index is 2.00. The average molecular weight is 364 g/mol. The third kappa shape index (κ3) is 3.82.